The summed E-state index contributed by atoms with van der Waals surface area (Å²) >= 11 is 0. The lowest BCUT2D eigenvalue weighted by Crippen LogP contribution is -2.06. The standard InChI is InChI=1S/C20H30O2/c1-3-5-6-7-8-9-10-13-18-14-11-12-15-19(18)16-17-22-20(21)4-2/h4,11-12,14-15H,2-3,5-10,13,16-17H2,1H3. The Labute approximate surface area is 135 Å². The minimum Gasteiger partial charge on any atom is -0.462 e. The van der Waals surface area contributed by atoms with Crippen molar-refractivity contribution in [1.82, 2.24) is 0 Å². The van der Waals surface area contributed by atoms with Gasteiger partial charge in [0.2, 0.25) is 0 Å². The number of benzene rings is 1. The lowest BCUT2D eigenvalue weighted by atomic mass is 9.99. The largest absolute Gasteiger partial charge is 0.462 e. The zero-order chi connectivity index (χ0) is 16.0. The Kier molecular flexibility index (Phi) is 10.1. The smallest absolute Gasteiger partial charge is 0.330 e. The predicted molar refractivity (Wildman–Crippen MR) is 93.0 cm³/mol. The van der Waals surface area contributed by atoms with Crippen LogP contribution in [0.2, 0.25) is 0 Å². The van der Waals surface area contributed by atoms with Gasteiger partial charge < -0.3 is 4.74 Å². The Hall–Kier alpha value is -1.57. The highest BCUT2D eigenvalue weighted by Gasteiger charge is 2.03. The van der Waals surface area contributed by atoms with Crippen LogP contribution in [0, 0.1) is 0 Å². The molecule has 0 N–H and O–H groups in total. The fourth-order valence-electron chi connectivity index (χ4n) is 2.64. The Morgan fingerprint density at radius 3 is 2.23 bits per heavy atom. The van der Waals surface area contributed by atoms with E-state index in [-0.39, 0.29) is 5.97 Å². The molecule has 0 bridgehead atoms. The van der Waals surface area contributed by atoms with Crippen LogP contribution in [0.25, 0.3) is 0 Å². The topological polar surface area (TPSA) is 26.3 Å². The molecule has 1 rings (SSSR count). The molecule has 0 amide bonds. The zero-order valence-corrected chi connectivity index (χ0v) is 14.0. The number of rotatable bonds is 12. The molecule has 0 aliphatic heterocycles. The quantitative estimate of drug-likeness (QED) is 0.299. The van der Waals surface area contributed by atoms with Gasteiger partial charge in [0.15, 0.2) is 0 Å². The van der Waals surface area contributed by atoms with Gasteiger partial charge in [-0.25, -0.2) is 4.79 Å². The highest BCUT2D eigenvalue weighted by molar-refractivity contribution is 5.81. The van der Waals surface area contributed by atoms with Crippen LogP contribution in [-0.4, -0.2) is 12.6 Å². The van der Waals surface area contributed by atoms with Crippen molar-refractivity contribution in [2.45, 2.75) is 64.7 Å². The second kappa shape index (κ2) is 12.0. The Morgan fingerprint density at radius 1 is 1.00 bits per heavy atom. The summed E-state index contributed by atoms with van der Waals surface area (Å²) in [5.74, 6) is -0.343. The number of hydrogen-bond acceptors (Lipinski definition) is 2. The van der Waals surface area contributed by atoms with E-state index in [0.717, 1.165) is 12.8 Å². The summed E-state index contributed by atoms with van der Waals surface area (Å²) in [6.07, 6.45) is 12.4. The first kappa shape index (κ1) is 18.5. The molecule has 2 heteroatoms. The van der Waals surface area contributed by atoms with E-state index >= 15 is 0 Å². The van der Waals surface area contributed by atoms with Gasteiger partial charge in [-0.15, -0.1) is 0 Å². The normalized spacial score (nSPS) is 10.4. The fraction of sp³-hybridized carbons (Fsp3) is 0.550. The monoisotopic (exact) mass is 302 g/mol. The maximum atomic E-state index is 11.1. The number of carbonyl (C=O) groups excluding carboxylic acids is 1. The van der Waals surface area contributed by atoms with Crippen molar-refractivity contribution in [2.75, 3.05) is 6.61 Å². The number of aryl methyl sites for hydroxylation is 1. The minimum absolute atomic E-state index is 0.343. The molecule has 1 aromatic carbocycles. The van der Waals surface area contributed by atoms with Gasteiger partial charge in [-0.3, -0.25) is 0 Å². The van der Waals surface area contributed by atoms with E-state index in [9.17, 15) is 4.79 Å². The van der Waals surface area contributed by atoms with Crippen LogP contribution in [0.15, 0.2) is 36.9 Å². The van der Waals surface area contributed by atoms with Crippen molar-refractivity contribution in [3.8, 4) is 0 Å². The summed E-state index contributed by atoms with van der Waals surface area (Å²) in [4.78, 5) is 11.1. The number of hydrogen-bond donors (Lipinski definition) is 0. The average molecular weight is 302 g/mol. The number of carbonyl (C=O) groups is 1. The van der Waals surface area contributed by atoms with Gasteiger partial charge in [0.1, 0.15) is 0 Å². The van der Waals surface area contributed by atoms with Crippen molar-refractivity contribution in [1.29, 1.82) is 0 Å². The fourth-order valence-corrected chi connectivity index (χ4v) is 2.64. The molecule has 1 aromatic rings. The Balaban J connectivity index is 2.27. The molecule has 0 unspecified atom stereocenters. The van der Waals surface area contributed by atoms with E-state index in [1.54, 1.807) is 0 Å². The van der Waals surface area contributed by atoms with E-state index in [0.29, 0.717) is 6.61 Å². The molecule has 0 radical (unpaired) electrons. The first-order valence-electron chi connectivity index (χ1n) is 8.64. The maximum absolute atomic E-state index is 11.1. The van der Waals surface area contributed by atoms with Crippen molar-refractivity contribution >= 4 is 5.97 Å². The molecule has 22 heavy (non-hydrogen) atoms. The zero-order valence-electron chi connectivity index (χ0n) is 14.0. The molecule has 0 aliphatic rings. The van der Waals surface area contributed by atoms with E-state index in [2.05, 4.69) is 37.8 Å². The van der Waals surface area contributed by atoms with Crippen molar-refractivity contribution in [3.05, 3.63) is 48.0 Å². The first-order valence-corrected chi connectivity index (χ1v) is 8.64. The van der Waals surface area contributed by atoms with Crippen LogP contribution in [0.3, 0.4) is 0 Å². The van der Waals surface area contributed by atoms with E-state index in [1.165, 1.54) is 62.1 Å². The molecule has 0 spiro atoms. The summed E-state index contributed by atoms with van der Waals surface area (Å²) < 4.78 is 5.07. The molecular formula is C20H30O2. The van der Waals surface area contributed by atoms with E-state index < -0.39 is 0 Å². The molecular weight excluding hydrogens is 272 g/mol. The maximum Gasteiger partial charge on any atom is 0.330 e. The van der Waals surface area contributed by atoms with E-state index in [4.69, 9.17) is 4.74 Å². The van der Waals surface area contributed by atoms with Crippen LogP contribution in [0.4, 0.5) is 0 Å². The third kappa shape index (κ3) is 8.02. The highest BCUT2D eigenvalue weighted by Crippen LogP contribution is 2.15. The summed E-state index contributed by atoms with van der Waals surface area (Å²) in [6.45, 7) is 6.09. The number of esters is 1. The molecule has 0 aliphatic carbocycles. The minimum atomic E-state index is -0.343. The Morgan fingerprint density at radius 2 is 1.59 bits per heavy atom. The molecule has 0 aromatic heterocycles. The van der Waals surface area contributed by atoms with Gasteiger partial charge >= 0.3 is 5.97 Å². The van der Waals surface area contributed by atoms with Crippen LogP contribution in [0.5, 0.6) is 0 Å². The van der Waals surface area contributed by atoms with Gasteiger partial charge in [0.05, 0.1) is 6.61 Å². The SMILES string of the molecule is C=CC(=O)OCCc1ccccc1CCCCCCCCC. The van der Waals surface area contributed by atoms with Crippen LogP contribution in [-0.2, 0) is 22.4 Å². The summed E-state index contributed by atoms with van der Waals surface area (Å²) in [6, 6.07) is 8.48. The van der Waals surface area contributed by atoms with Gasteiger partial charge in [-0.1, -0.05) is 76.3 Å². The lowest BCUT2D eigenvalue weighted by Gasteiger charge is -2.09. The predicted octanol–water partition coefficient (Wildman–Crippen LogP) is 5.25. The summed E-state index contributed by atoms with van der Waals surface area (Å²) in [5.41, 5.74) is 2.69. The van der Waals surface area contributed by atoms with Gasteiger partial charge in [0.25, 0.3) is 0 Å². The summed E-state index contributed by atoms with van der Waals surface area (Å²) in [7, 11) is 0. The molecule has 0 heterocycles. The van der Waals surface area contributed by atoms with Gasteiger partial charge in [0, 0.05) is 12.5 Å². The third-order valence-electron chi connectivity index (χ3n) is 3.95. The van der Waals surface area contributed by atoms with Gasteiger partial charge in [-0.05, 0) is 24.0 Å². The van der Waals surface area contributed by atoms with Crippen LogP contribution >= 0.6 is 0 Å². The number of unbranched alkanes of at least 4 members (excludes halogenated alkanes) is 6. The first-order chi connectivity index (χ1) is 10.8. The van der Waals surface area contributed by atoms with Crippen LogP contribution < -0.4 is 0 Å². The summed E-state index contributed by atoms with van der Waals surface area (Å²) in [5, 5.41) is 0. The lowest BCUT2D eigenvalue weighted by molar-refractivity contribution is -0.137. The van der Waals surface area contributed by atoms with Gasteiger partial charge in [-0.2, -0.15) is 0 Å². The van der Waals surface area contributed by atoms with Crippen molar-refractivity contribution in [3.63, 3.8) is 0 Å². The molecule has 2 nitrogen and oxygen atoms in total. The molecule has 0 saturated heterocycles. The van der Waals surface area contributed by atoms with E-state index in [1.807, 2.05) is 0 Å². The molecule has 122 valence electrons. The van der Waals surface area contributed by atoms with Crippen molar-refractivity contribution in [2.24, 2.45) is 0 Å². The van der Waals surface area contributed by atoms with Crippen molar-refractivity contribution < 1.29 is 9.53 Å². The molecule has 0 atom stereocenters. The van der Waals surface area contributed by atoms with Crippen LogP contribution in [0.1, 0.15) is 63.0 Å². The second-order valence-electron chi connectivity index (χ2n) is 5.76. The average Bonchev–Trinajstić information content (AvgIpc) is 2.55. The molecule has 0 fully saturated rings. The Bertz CT molecular complexity index is 437. The number of ether oxygens (including phenoxy) is 1. The highest BCUT2D eigenvalue weighted by atomic mass is 16.5. The molecule has 0 saturated carbocycles. The second-order valence-corrected chi connectivity index (χ2v) is 5.76. The third-order valence-corrected chi connectivity index (χ3v) is 3.95.